The predicted octanol–water partition coefficient (Wildman–Crippen LogP) is 4.27. The summed E-state index contributed by atoms with van der Waals surface area (Å²) in [4.78, 5) is 38.3. The number of esters is 1. The van der Waals surface area contributed by atoms with Crippen LogP contribution in [-0.4, -0.2) is 42.9 Å². The van der Waals surface area contributed by atoms with Crippen molar-refractivity contribution in [2.75, 3.05) is 25.5 Å². The van der Waals surface area contributed by atoms with Crippen molar-refractivity contribution in [1.82, 2.24) is 4.90 Å². The van der Waals surface area contributed by atoms with Gasteiger partial charge in [-0.2, -0.15) is 0 Å². The predicted molar refractivity (Wildman–Crippen MR) is 112 cm³/mol. The van der Waals surface area contributed by atoms with Gasteiger partial charge in [0.1, 0.15) is 0 Å². The van der Waals surface area contributed by atoms with Crippen LogP contribution >= 0.6 is 23.2 Å². The molecule has 2 aromatic carbocycles. The summed E-state index contributed by atoms with van der Waals surface area (Å²) in [5, 5.41) is 3.50. The van der Waals surface area contributed by atoms with E-state index in [1.54, 1.807) is 35.2 Å². The topological polar surface area (TPSA) is 75.7 Å². The Morgan fingerprint density at radius 2 is 1.55 bits per heavy atom. The number of methoxy groups -OCH3 is 1. The fourth-order valence-corrected chi connectivity index (χ4v) is 3.78. The molecule has 6 nitrogen and oxygen atoms in total. The number of likely N-dealkylation sites (tertiary alicyclic amines) is 1. The molecule has 1 heterocycles. The number of rotatable bonds is 4. The number of nitrogens with zero attached hydrogens (tertiary/aromatic N) is 1. The normalized spacial score (nSPS) is 14.4. The van der Waals surface area contributed by atoms with Crippen molar-refractivity contribution >= 4 is 46.7 Å². The molecule has 0 aliphatic carbocycles. The summed E-state index contributed by atoms with van der Waals surface area (Å²) in [7, 11) is 1.38. The van der Waals surface area contributed by atoms with E-state index >= 15 is 0 Å². The van der Waals surface area contributed by atoms with Crippen molar-refractivity contribution in [2.45, 2.75) is 12.8 Å². The Morgan fingerprint density at radius 1 is 0.966 bits per heavy atom. The Labute approximate surface area is 178 Å². The lowest BCUT2D eigenvalue weighted by Gasteiger charge is -2.30. The van der Waals surface area contributed by atoms with E-state index in [4.69, 9.17) is 27.9 Å². The lowest BCUT2D eigenvalue weighted by molar-refractivity contribution is -0.146. The maximum Gasteiger partial charge on any atom is 0.308 e. The summed E-state index contributed by atoms with van der Waals surface area (Å²) in [6.07, 6.45) is 1.18. The van der Waals surface area contributed by atoms with E-state index in [1.165, 1.54) is 19.2 Å². The third-order valence-corrected chi connectivity index (χ3v) is 5.27. The molecule has 29 heavy (non-hydrogen) atoms. The molecule has 8 heteroatoms. The van der Waals surface area contributed by atoms with E-state index in [-0.39, 0.29) is 23.7 Å². The summed E-state index contributed by atoms with van der Waals surface area (Å²) in [6, 6.07) is 11.3. The van der Waals surface area contributed by atoms with Crippen molar-refractivity contribution < 1.29 is 19.1 Å². The van der Waals surface area contributed by atoms with E-state index in [2.05, 4.69) is 5.32 Å². The van der Waals surface area contributed by atoms with Crippen LogP contribution in [0.5, 0.6) is 0 Å². The molecule has 0 spiro atoms. The van der Waals surface area contributed by atoms with Crippen molar-refractivity contribution in [2.24, 2.45) is 5.92 Å². The SMILES string of the molecule is COC(=O)C1CCN(C(=O)c2ccc(NC(=O)c3cc(Cl)cc(Cl)c3)cc2)CC1. The van der Waals surface area contributed by atoms with Gasteiger partial charge in [-0.1, -0.05) is 23.2 Å². The summed E-state index contributed by atoms with van der Waals surface area (Å²) in [6.45, 7) is 1.01. The first kappa shape index (κ1) is 21.1. The third-order valence-electron chi connectivity index (χ3n) is 4.83. The van der Waals surface area contributed by atoms with Crippen LogP contribution in [0.3, 0.4) is 0 Å². The lowest BCUT2D eigenvalue weighted by Crippen LogP contribution is -2.40. The maximum absolute atomic E-state index is 12.7. The highest BCUT2D eigenvalue weighted by Crippen LogP contribution is 2.22. The van der Waals surface area contributed by atoms with Gasteiger partial charge in [0.25, 0.3) is 11.8 Å². The number of benzene rings is 2. The van der Waals surface area contributed by atoms with E-state index in [0.29, 0.717) is 52.8 Å². The van der Waals surface area contributed by atoms with E-state index in [0.717, 1.165) is 0 Å². The fraction of sp³-hybridized carbons (Fsp3) is 0.286. The zero-order valence-electron chi connectivity index (χ0n) is 15.8. The van der Waals surface area contributed by atoms with E-state index in [9.17, 15) is 14.4 Å². The second-order valence-corrected chi connectivity index (χ2v) is 7.65. The smallest absolute Gasteiger partial charge is 0.308 e. The van der Waals surface area contributed by atoms with Crippen molar-refractivity contribution in [1.29, 1.82) is 0 Å². The minimum atomic E-state index is -0.349. The number of piperidine rings is 1. The van der Waals surface area contributed by atoms with Crippen LogP contribution in [0.15, 0.2) is 42.5 Å². The highest BCUT2D eigenvalue weighted by atomic mass is 35.5. The van der Waals surface area contributed by atoms with E-state index in [1.807, 2.05) is 0 Å². The summed E-state index contributed by atoms with van der Waals surface area (Å²) in [5.74, 6) is -0.828. The molecule has 1 aliphatic heterocycles. The molecule has 152 valence electrons. The average Bonchev–Trinajstić information content (AvgIpc) is 2.72. The molecule has 0 saturated carbocycles. The second kappa shape index (κ2) is 9.29. The quantitative estimate of drug-likeness (QED) is 0.728. The van der Waals surface area contributed by atoms with Gasteiger partial charge in [-0.3, -0.25) is 14.4 Å². The zero-order valence-corrected chi connectivity index (χ0v) is 17.3. The van der Waals surface area contributed by atoms with Crippen LogP contribution in [0.25, 0.3) is 0 Å². The Hall–Kier alpha value is -2.57. The van der Waals surface area contributed by atoms with Gasteiger partial charge in [-0.15, -0.1) is 0 Å². The molecule has 1 aliphatic rings. The first-order valence-electron chi connectivity index (χ1n) is 9.12. The monoisotopic (exact) mass is 434 g/mol. The van der Waals surface area contributed by atoms with Gasteiger partial charge in [0.15, 0.2) is 0 Å². The summed E-state index contributed by atoms with van der Waals surface area (Å²) in [5.41, 5.74) is 1.41. The minimum Gasteiger partial charge on any atom is -0.469 e. The van der Waals surface area contributed by atoms with E-state index < -0.39 is 0 Å². The molecule has 2 aromatic rings. The van der Waals surface area contributed by atoms with Crippen molar-refractivity contribution in [3.63, 3.8) is 0 Å². The number of carbonyl (C=O) groups is 3. The number of ether oxygens (including phenoxy) is 1. The van der Waals surface area contributed by atoms with Crippen LogP contribution in [0.4, 0.5) is 5.69 Å². The van der Waals surface area contributed by atoms with Crippen LogP contribution in [0.1, 0.15) is 33.6 Å². The number of carbonyl (C=O) groups excluding carboxylic acids is 3. The van der Waals surface area contributed by atoms with Crippen LogP contribution in [0, 0.1) is 5.92 Å². The number of halogens is 2. The van der Waals surface area contributed by atoms with Gasteiger partial charge >= 0.3 is 5.97 Å². The lowest BCUT2D eigenvalue weighted by atomic mass is 9.96. The first-order valence-corrected chi connectivity index (χ1v) is 9.87. The van der Waals surface area contributed by atoms with Gasteiger partial charge in [-0.25, -0.2) is 0 Å². The standard InChI is InChI=1S/C21H20Cl2N2O4/c1-29-21(28)14-6-8-25(9-7-14)20(27)13-2-4-18(5-3-13)24-19(26)15-10-16(22)12-17(23)11-15/h2-5,10-12,14H,6-9H2,1H3,(H,24,26). The van der Waals surface area contributed by atoms with Crippen LogP contribution in [-0.2, 0) is 9.53 Å². The molecule has 0 aromatic heterocycles. The zero-order chi connectivity index (χ0) is 21.0. The van der Waals surface area contributed by atoms with Crippen molar-refractivity contribution in [3.05, 3.63) is 63.6 Å². The molecular formula is C21H20Cl2N2O4. The number of hydrogen-bond donors (Lipinski definition) is 1. The molecule has 0 radical (unpaired) electrons. The van der Waals surface area contributed by atoms with Gasteiger partial charge in [-0.05, 0) is 55.3 Å². The van der Waals surface area contributed by atoms with Crippen LogP contribution in [0.2, 0.25) is 10.0 Å². The Kier molecular flexibility index (Phi) is 6.77. The van der Waals surface area contributed by atoms with Crippen molar-refractivity contribution in [3.8, 4) is 0 Å². The Bertz CT molecular complexity index is 903. The Morgan fingerprint density at radius 3 is 2.10 bits per heavy atom. The van der Waals surface area contributed by atoms with Gasteiger partial charge in [0.05, 0.1) is 13.0 Å². The number of hydrogen-bond acceptors (Lipinski definition) is 4. The third kappa shape index (κ3) is 5.28. The molecule has 0 bridgehead atoms. The minimum absolute atomic E-state index is 0.104. The molecular weight excluding hydrogens is 415 g/mol. The molecule has 1 N–H and O–H groups in total. The maximum atomic E-state index is 12.7. The molecule has 3 rings (SSSR count). The fourth-order valence-electron chi connectivity index (χ4n) is 3.25. The average molecular weight is 435 g/mol. The van der Waals surface area contributed by atoms with Crippen LogP contribution < -0.4 is 5.32 Å². The number of amides is 2. The van der Waals surface area contributed by atoms with Gasteiger partial charge in [0, 0.05) is 39.9 Å². The highest BCUT2D eigenvalue weighted by molar-refractivity contribution is 6.35. The molecule has 1 fully saturated rings. The Balaban J connectivity index is 1.60. The molecule has 1 saturated heterocycles. The number of anilines is 1. The highest BCUT2D eigenvalue weighted by Gasteiger charge is 2.28. The summed E-state index contributed by atoms with van der Waals surface area (Å²) < 4.78 is 4.77. The molecule has 2 amide bonds. The van der Waals surface area contributed by atoms with Gasteiger partial charge < -0.3 is 15.0 Å². The molecule has 0 unspecified atom stereocenters. The summed E-state index contributed by atoms with van der Waals surface area (Å²) >= 11 is 11.9. The van der Waals surface area contributed by atoms with Gasteiger partial charge in [0.2, 0.25) is 0 Å². The molecule has 0 atom stereocenters. The number of nitrogens with one attached hydrogen (secondary N) is 1. The largest absolute Gasteiger partial charge is 0.469 e. The second-order valence-electron chi connectivity index (χ2n) is 6.78. The first-order chi connectivity index (χ1) is 13.9.